The molecule has 1 aromatic carbocycles. The number of hydrogen-bond acceptors (Lipinski definition) is 4. The van der Waals surface area contributed by atoms with Crippen LogP contribution in [0.15, 0.2) is 41.0 Å². The summed E-state index contributed by atoms with van der Waals surface area (Å²) in [5.74, 6) is 0.347. The summed E-state index contributed by atoms with van der Waals surface area (Å²) < 4.78 is 5.22. The minimum Gasteiger partial charge on any atom is -0.464 e. The van der Waals surface area contributed by atoms with Gasteiger partial charge in [-0.3, -0.25) is 14.9 Å². The highest BCUT2D eigenvalue weighted by Crippen LogP contribution is 2.31. The molecule has 0 aliphatic heterocycles. The average Bonchev–Trinajstić information content (AvgIpc) is 2.91. The van der Waals surface area contributed by atoms with Crippen LogP contribution in [0.1, 0.15) is 5.56 Å². The van der Waals surface area contributed by atoms with Crippen molar-refractivity contribution >= 4 is 11.6 Å². The van der Waals surface area contributed by atoms with Gasteiger partial charge in [0.15, 0.2) is 0 Å². The summed E-state index contributed by atoms with van der Waals surface area (Å²) in [6.45, 7) is 0. The van der Waals surface area contributed by atoms with Gasteiger partial charge >= 0.3 is 0 Å². The van der Waals surface area contributed by atoms with Crippen molar-refractivity contribution in [2.45, 2.75) is 6.42 Å². The van der Waals surface area contributed by atoms with E-state index < -0.39 is 4.92 Å². The maximum Gasteiger partial charge on any atom is 0.280 e. The van der Waals surface area contributed by atoms with Gasteiger partial charge in [0.1, 0.15) is 5.76 Å². The normalized spacial score (nSPS) is 10.3. The third-order valence-electron chi connectivity index (χ3n) is 2.90. The second-order valence-electron chi connectivity index (χ2n) is 4.55. The zero-order valence-electron chi connectivity index (χ0n) is 11.2. The first-order valence-electron chi connectivity index (χ1n) is 6.00. The number of carbonyl (C=O) groups is 1. The molecule has 1 amide bonds. The van der Waals surface area contributed by atoms with Gasteiger partial charge in [-0.2, -0.15) is 0 Å². The van der Waals surface area contributed by atoms with Crippen molar-refractivity contribution in [2.75, 3.05) is 14.1 Å². The molecular formula is C14H14N2O4. The maximum atomic E-state index is 11.7. The fourth-order valence-electron chi connectivity index (χ4n) is 1.81. The molecule has 6 nitrogen and oxygen atoms in total. The zero-order chi connectivity index (χ0) is 14.7. The van der Waals surface area contributed by atoms with E-state index in [9.17, 15) is 14.9 Å². The van der Waals surface area contributed by atoms with Crippen LogP contribution in [0, 0.1) is 10.1 Å². The number of benzene rings is 1. The first-order valence-corrected chi connectivity index (χ1v) is 6.00. The largest absolute Gasteiger partial charge is 0.464 e. The summed E-state index contributed by atoms with van der Waals surface area (Å²) in [5.41, 5.74) is 1.05. The number of amides is 1. The predicted molar refractivity (Wildman–Crippen MR) is 73.2 cm³/mol. The van der Waals surface area contributed by atoms with Gasteiger partial charge in [0.2, 0.25) is 5.91 Å². The van der Waals surface area contributed by atoms with E-state index in [1.807, 2.05) is 0 Å². The third kappa shape index (κ3) is 2.85. The molecule has 0 atom stereocenters. The lowest BCUT2D eigenvalue weighted by Crippen LogP contribution is -2.23. The minimum atomic E-state index is -0.463. The lowest BCUT2D eigenvalue weighted by molar-refractivity contribution is -0.384. The summed E-state index contributed by atoms with van der Waals surface area (Å²) in [4.78, 5) is 23.8. The Morgan fingerprint density at radius 1 is 1.35 bits per heavy atom. The average molecular weight is 274 g/mol. The minimum absolute atomic E-state index is 0.0407. The first-order chi connectivity index (χ1) is 9.49. The van der Waals surface area contributed by atoms with E-state index in [0.29, 0.717) is 16.9 Å². The summed E-state index contributed by atoms with van der Waals surface area (Å²) in [7, 11) is 3.34. The molecule has 0 N–H and O–H groups in total. The highest BCUT2D eigenvalue weighted by molar-refractivity contribution is 5.79. The standard InChI is InChI=1S/C14H14N2O4/c1-15(2)14(17)9-10-5-6-12(16(18)19)11(8-10)13-4-3-7-20-13/h3-8H,9H2,1-2H3. The predicted octanol–water partition coefficient (Wildman–Crippen LogP) is 2.49. The zero-order valence-corrected chi connectivity index (χ0v) is 11.2. The summed E-state index contributed by atoms with van der Waals surface area (Å²) in [6, 6.07) is 7.93. The molecular weight excluding hydrogens is 260 g/mol. The topological polar surface area (TPSA) is 76.6 Å². The second-order valence-corrected chi connectivity index (χ2v) is 4.55. The number of likely N-dealkylation sites (N-methyl/N-ethyl adjacent to an activating group) is 1. The monoisotopic (exact) mass is 274 g/mol. The smallest absolute Gasteiger partial charge is 0.280 e. The Balaban J connectivity index is 2.41. The van der Waals surface area contributed by atoms with Crippen molar-refractivity contribution in [2.24, 2.45) is 0 Å². The molecule has 0 saturated heterocycles. The van der Waals surface area contributed by atoms with Gasteiger partial charge in [-0.05, 0) is 23.8 Å². The molecule has 0 unspecified atom stereocenters. The lowest BCUT2D eigenvalue weighted by Gasteiger charge is -2.10. The van der Waals surface area contributed by atoms with Gasteiger partial charge in [0, 0.05) is 20.2 Å². The fourth-order valence-corrected chi connectivity index (χ4v) is 1.81. The number of nitrogens with zero attached hydrogens (tertiary/aromatic N) is 2. The molecule has 0 spiro atoms. The lowest BCUT2D eigenvalue weighted by atomic mass is 10.0. The molecule has 2 rings (SSSR count). The molecule has 2 aromatic rings. The van der Waals surface area contributed by atoms with Crippen LogP contribution in [0.25, 0.3) is 11.3 Å². The Labute approximate surface area is 115 Å². The highest BCUT2D eigenvalue weighted by Gasteiger charge is 2.18. The first kappa shape index (κ1) is 13.8. The van der Waals surface area contributed by atoms with Crippen LogP contribution in [0.4, 0.5) is 5.69 Å². The maximum absolute atomic E-state index is 11.7. The van der Waals surface area contributed by atoms with Gasteiger partial charge in [0.05, 0.1) is 23.2 Å². The summed E-state index contributed by atoms with van der Waals surface area (Å²) in [5, 5.41) is 11.0. The second kappa shape index (κ2) is 5.56. The summed E-state index contributed by atoms with van der Waals surface area (Å²) >= 11 is 0. The highest BCUT2D eigenvalue weighted by atomic mass is 16.6. The van der Waals surface area contributed by atoms with Gasteiger partial charge in [-0.1, -0.05) is 6.07 Å². The van der Waals surface area contributed by atoms with E-state index >= 15 is 0 Å². The quantitative estimate of drug-likeness (QED) is 0.634. The number of hydrogen-bond donors (Lipinski definition) is 0. The third-order valence-corrected chi connectivity index (χ3v) is 2.90. The molecule has 0 saturated carbocycles. The molecule has 1 heterocycles. The van der Waals surface area contributed by atoms with Crippen molar-refractivity contribution in [3.63, 3.8) is 0 Å². The van der Waals surface area contributed by atoms with Gasteiger partial charge in [0.25, 0.3) is 5.69 Å². The number of carbonyl (C=O) groups excluding carboxylic acids is 1. The van der Waals surface area contributed by atoms with Crippen molar-refractivity contribution < 1.29 is 14.1 Å². The van der Waals surface area contributed by atoms with Gasteiger partial charge in [-0.15, -0.1) is 0 Å². The van der Waals surface area contributed by atoms with Crippen LogP contribution in [-0.4, -0.2) is 29.8 Å². The fraction of sp³-hybridized carbons (Fsp3) is 0.214. The van der Waals surface area contributed by atoms with Crippen LogP contribution in [-0.2, 0) is 11.2 Å². The Morgan fingerprint density at radius 3 is 2.65 bits per heavy atom. The molecule has 0 aliphatic carbocycles. The SMILES string of the molecule is CN(C)C(=O)Cc1ccc([N+](=O)[O-])c(-c2ccco2)c1. The van der Waals surface area contributed by atoms with E-state index in [2.05, 4.69) is 0 Å². The van der Waals surface area contributed by atoms with E-state index in [1.165, 1.54) is 17.2 Å². The van der Waals surface area contributed by atoms with Crippen molar-refractivity contribution in [3.05, 3.63) is 52.3 Å². The van der Waals surface area contributed by atoms with Crippen LogP contribution in [0.3, 0.4) is 0 Å². The number of furan rings is 1. The van der Waals surface area contributed by atoms with Gasteiger partial charge < -0.3 is 9.32 Å². The van der Waals surface area contributed by atoms with Gasteiger partial charge in [-0.25, -0.2) is 0 Å². The van der Waals surface area contributed by atoms with E-state index in [0.717, 1.165) is 0 Å². The molecule has 0 bridgehead atoms. The van der Waals surface area contributed by atoms with Crippen molar-refractivity contribution in [1.82, 2.24) is 4.90 Å². The van der Waals surface area contributed by atoms with E-state index in [1.54, 1.807) is 38.4 Å². The van der Waals surface area contributed by atoms with Crippen molar-refractivity contribution in [1.29, 1.82) is 0 Å². The number of nitro benzene ring substituents is 1. The summed E-state index contributed by atoms with van der Waals surface area (Å²) in [6.07, 6.45) is 1.65. The molecule has 1 aromatic heterocycles. The van der Waals surface area contributed by atoms with Crippen LogP contribution in [0.2, 0.25) is 0 Å². The number of rotatable bonds is 4. The molecule has 0 aliphatic rings. The van der Waals surface area contributed by atoms with Crippen LogP contribution >= 0.6 is 0 Å². The Morgan fingerprint density at radius 2 is 2.10 bits per heavy atom. The molecule has 104 valence electrons. The molecule has 20 heavy (non-hydrogen) atoms. The molecule has 6 heteroatoms. The molecule has 0 radical (unpaired) electrons. The van der Waals surface area contributed by atoms with E-state index in [-0.39, 0.29) is 18.0 Å². The van der Waals surface area contributed by atoms with E-state index in [4.69, 9.17) is 4.42 Å². The van der Waals surface area contributed by atoms with Crippen LogP contribution in [0.5, 0.6) is 0 Å². The van der Waals surface area contributed by atoms with Crippen LogP contribution < -0.4 is 0 Å². The Bertz CT molecular complexity index is 633. The Hall–Kier alpha value is -2.63. The Kier molecular flexibility index (Phi) is 3.84. The van der Waals surface area contributed by atoms with Crippen molar-refractivity contribution in [3.8, 4) is 11.3 Å². The molecule has 0 fully saturated rings. The number of nitro groups is 1.